The number of carbonyl (C=O) groups is 4. The molecule has 5 aromatic carbocycles. The van der Waals surface area contributed by atoms with Gasteiger partial charge in [-0.05, 0) is 117 Å². The van der Waals surface area contributed by atoms with Crippen molar-refractivity contribution < 1.29 is 42.2 Å². The fourth-order valence-electron chi connectivity index (χ4n) is 6.48. The van der Waals surface area contributed by atoms with E-state index in [1.54, 1.807) is 109 Å². The van der Waals surface area contributed by atoms with Gasteiger partial charge in [0.2, 0.25) is 11.6 Å². The van der Waals surface area contributed by atoms with Crippen molar-refractivity contribution in [1.29, 1.82) is 0 Å². The highest BCUT2D eigenvalue weighted by Crippen LogP contribution is 2.41. The maximum absolute atomic E-state index is 14.3. The molecule has 302 valence electrons. The number of nitrogens with one attached hydrogen (secondary N) is 2. The molecule has 2 aromatic heterocycles. The van der Waals surface area contributed by atoms with Gasteiger partial charge in [0.1, 0.15) is 40.4 Å². The summed E-state index contributed by atoms with van der Waals surface area (Å²) in [6.07, 6.45) is 3.24. The smallest absolute Gasteiger partial charge is 0.258 e. The third-order valence-corrected chi connectivity index (χ3v) is 10.5. The zero-order valence-electron chi connectivity index (χ0n) is 32.6. The number of ketones is 2. The normalized spacial score (nSPS) is 14.0. The number of amides is 2. The lowest BCUT2D eigenvalue weighted by Gasteiger charge is -2.10. The summed E-state index contributed by atoms with van der Waals surface area (Å²) in [6, 6.07) is 39.1. The molecular weight excluding hydrogens is 796 g/mol. The first kappa shape index (κ1) is 40.1. The van der Waals surface area contributed by atoms with Crippen molar-refractivity contribution in [3.63, 3.8) is 0 Å². The monoisotopic (exact) mass is 830 g/mol. The van der Waals surface area contributed by atoms with Gasteiger partial charge in [-0.15, -0.1) is 0 Å². The molecule has 2 amide bonds. The molecule has 0 fully saturated rings. The summed E-state index contributed by atoms with van der Waals surface area (Å²) >= 11 is 1.40. The Morgan fingerprint density at radius 1 is 0.672 bits per heavy atom. The number of furan rings is 2. The minimum absolute atomic E-state index is 0.0369. The molecule has 0 bridgehead atoms. The van der Waals surface area contributed by atoms with Crippen molar-refractivity contribution >= 4 is 53.0 Å². The van der Waals surface area contributed by atoms with E-state index in [-0.39, 0.29) is 46.2 Å². The summed E-state index contributed by atoms with van der Waals surface area (Å²) in [6.45, 7) is 3.69. The molecule has 7 aromatic rings. The van der Waals surface area contributed by atoms with Crippen LogP contribution in [0.2, 0.25) is 0 Å². The van der Waals surface area contributed by atoms with E-state index in [4.69, 9.17) is 13.6 Å². The maximum Gasteiger partial charge on any atom is 0.258 e. The Labute approximate surface area is 353 Å². The number of rotatable bonds is 8. The van der Waals surface area contributed by atoms with Gasteiger partial charge in [-0.1, -0.05) is 54.2 Å². The van der Waals surface area contributed by atoms with Crippen molar-refractivity contribution in [2.45, 2.75) is 24.8 Å². The minimum Gasteiger partial charge on any atom is -0.507 e. The molecular formula is C49H35FN2O8S. The van der Waals surface area contributed by atoms with Crippen LogP contribution in [0.4, 0.5) is 10.1 Å². The van der Waals surface area contributed by atoms with Gasteiger partial charge in [0.15, 0.2) is 5.76 Å². The molecule has 12 heteroatoms. The van der Waals surface area contributed by atoms with Crippen LogP contribution in [0, 0.1) is 5.82 Å². The van der Waals surface area contributed by atoms with Gasteiger partial charge < -0.3 is 29.3 Å². The van der Waals surface area contributed by atoms with Crippen LogP contribution in [-0.2, 0) is 0 Å². The zero-order valence-corrected chi connectivity index (χ0v) is 33.4. The Kier molecular flexibility index (Phi) is 11.3. The second-order valence-corrected chi connectivity index (χ2v) is 15.2. The number of phenolic OH excluding ortho intramolecular Hbond substituents is 1. The number of Topliss-reactive ketones (excluding diaryl/α,β-unsaturated/α-hetero) is 2. The average Bonchev–Trinajstić information content (AvgIpc) is 4.06. The Hall–Kier alpha value is -7.70. The summed E-state index contributed by atoms with van der Waals surface area (Å²) in [5.74, 6) is 0.750. The summed E-state index contributed by atoms with van der Waals surface area (Å²) in [4.78, 5) is 51.3. The molecule has 0 radical (unpaired) electrons. The topological polar surface area (TPSA) is 148 Å². The van der Waals surface area contributed by atoms with Crippen LogP contribution in [0.3, 0.4) is 0 Å². The highest BCUT2D eigenvalue weighted by atomic mass is 32.2. The molecule has 2 aliphatic heterocycles. The van der Waals surface area contributed by atoms with E-state index < -0.39 is 11.7 Å². The molecule has 0 aliphatic carbocycles. The first-order valence-electron chi connectivity index (χ1n) is 19.1. The average molecular weight is 831 g/mol. The number of anilines is 1. The second kappa shape index (κ2) is 17.3. The van der Waals surface area contributed by atoms with Gasteiger partial charge in [0.05, 0.1) is 21.6 Å². The second-order valence-electron chi connectivity index (χ2n) is 14.2. The number of para-hydroxylation sites is 2. The van der Waals surface area contributed by atoms with Crippen LogP contribution in [-0.4, -0.2) is 34.5 Å². The molecule has 0 atom stereocenters. The molecule has 9 rings (SSSR count). The van der Waals surface area contributed by atoms with Crippen molar-refractivity contribution in [2.75, 3.05) is 5.32 Å². The van der Waals surface area contributed by atoms with Gasteiger partial charge in [0.25, 0.3) is 11.8 Å². The Morgan fingerprint density at radius 3 is 1.98 bits per heavy atom. The Balaban J connectivity index is 0.000000169. The van der Waals surface area contributed by atoms with Crippen LogP contribution < -0.4 is 15.4 Å². The number of carbonyl (C=O) groups excluding carboxylic acids is 4. The molecule has 4 heterocycles. The van der Waals surface area contributed by atoms with Gasteiger partial charge in [-0.2, -0.15) is 0 Å². The molecule has 61 heavy (non-hydrogen) atoms. The molecule has 10 nitrogen and oxygen atoms in total. The number of ether oxygens (including phenoxy) is 1. The Morgan fingerprint density at radius 2 is 1.30 bits per heavy atom. The van der Waals surface area contributed by atoms with Gasteiger partial charge in [0, 0.05) is 39.4 Å². The number of aromatic hydroxyl groups is 1. The third kappa shape index (κ3) is 8.85. The van der Waals surface area contributed by atoms with E-state index in [1.807, 2.05) is 38.1 Å². The highest BCUT2D eigenvalue weighted by molar-refractivity contribution is 8.04. The van der Waals surface area contributed by atoms with Gasteiger partial charge >= 0.3 is 0 Å². The van der Waals surface area contributed by atoms with Crippen LogP contribution in [0.25, 0.3) is 34.8 Å². The van der Waals surface area contributed by atoms with E-state index in [1.165, 1.54) is 30.0 Å². The number of thioether (sulfide) groups is 1. The quantitative estimate of drug-likeness (QED) is 0.127. The van der Waals surface area contributed by atoms with Crippen molar-refractivity contribution in [3.8, 4) is 34.1 Å². The summed E-state index contributed by atoms with van der Waals surface area (Å²) in [5, 5.41) is 15.5. The fraction of sp³-hybridized carbons (Fsp3) is 0.0612. The van der Waals surface area contributed by atoms with Crippen LogP contribution >= 0.6 is 11.8 Å². The van der Waals surface area contributed by atoms with Crippen LogP contribution in [0.15, 0.2) is 164 Å². The fourth-order valence-corrected chi connectivity index (χ4v) is 7.52. The first-order valence-corrected chi connectivity index (χ1v) is 19.9. The molecule has 3 N–H and O–H groups in total. The SMILES string of the molecule is CC(C)NC(=O)c1cc(-c2ccc(/C=C3\Oc4ccccc4C3=O)o2)ccc1O.O=C(Nc1ccccc1)c1cc(-c2ccc(/C=C3\Sc4ccccc4C3=O)o2)ccc1F. The standard InChI is InChI=1S/C26H16FNO3S.C23H19NO5/c27-21-12-10-16(14-20(21)26(30)28-17-6-2-1-3-7-17)22-13-11-18(31-22)15-24-25(29)19-8-4-5-9-23(19)32-24;1-13(2)24-23(27)17-11-14(7-9-18(17)25)19-10-8-15(28-19)12-21-22(26)16-5-3-4-6-20(16)29-21/h1-15H,(H,28,30);3-13,25H,1-2H3,(H,24,27)/b24-15-;21-12-. The van der Waals surface area contributed by atoms with E-state index in [9.17, 15) is 28.7 Å². The number of fused-ring (bicyclic) bond motifs is 2. The van der Waals surface area contributed by atoms with Gasteiger partial charge in [-0.3, -0.25) is 19.2 Å². The van der Waals surface area contributed by atoms with E-state index in [2.05, 4.69) is 10.6 Å². The first-order chi connectivity index (χ1) is 29.5. The van der Waals surface area contributed by atoms with Crippen LogP contribution in [0.1, 0.15) is 66.8 Å². The molecule has 0 saturated carbocycles. The van der Waals surface area contributed by atoms with Crippen molar-refractivity contribution in [3.05, 3.63) is 190 Å². The number of hydrogen-bond donors (Lipinski definition) is 3. The summed E-state index contributed by atoms with van der Waals surface area (Å²) in [7, 11) is 0. The number of allylic oxidation sites excluding steroid dienone is 2. The summed E-state index contributed by atoms with van der Waals surface area (Å²) in [5.41, 5.74) is 3.05. The van der Waals surface area contributed by atoms with E-state index >= 15 is 0 Å². The van der Waals surface area contributed by atoms with Crippen molar-refractivity contribution in [1.82, 2.24) is 5.32 Å². The molecule has 0 saturated heterocycles. The maximum atomic E-state index is 14.3. The number of hydrogen-bond acceptors (Lipinski definition) is 9. The van der Waals surface area contributed by atoms with Crippen molar-refractivity contribution in [2.24, 2.45) is 0 Å². The minimum atomic E-state index is -0.623. The predicted molar refractivity (Wildman–Crippen MR) is 231 cm³/mol. The lowest BCUT2D eigenvalue weighted by molar-refractivity contribution is 0.0938. The van der Waals surface area contributed by atoms with Crippen LogP contribution in [0.5, 0.6) is 11.5 Å². The largest absolute Gasteiger partial charge is 0.507 e. The molecule has 2 aliphatic rings. The lowest BCUT2D eigenvalue weighted by atomic mass is 10.1. The van der Waals surface area contributed by atoms with Gasteiger partial charge in [-0.25, -0.2) is 4.39 Å². The van der Waals surface area contributed by atoms with E-state index in [0.717, 1.165) is 4.90 Å². The number of benzene rings is 5. The number of phenols is 1. The Bertz CT molecular complexity index is 2910. The predicted octanol–water partition coefficient (Wildman–Crippen LogP) is 11.1. The highest BCUT2D eigenvalue weighted by Gasteiger charge is 2.28. The number of halogens is 1. The third-order valence-electron chi connectivity index (χ3n) is 9.42. The zero-order chi connectivity index (χ0) is 42.6. The molecule has 0 unspecified atom stereocenters. The molecule has 0 spiro atoms. The summed E-state index contributed by atoms with van der Waals surface area (Å²) < 4.78 is 31.6. The van der Waals surface area contributed by atoms with E-state index in [0.29, 0.717) is 61.6 Å². The lowest BCUT2D eigenvalue weighted by Crippen LogP contribution is -2.30.